The molecule has 248 valence electrons. The number of carboxylic acid groups (broad SMARTS) is 1. The standard InChI is InChI=1S/C34H42N2O8S2.Na/c1-33(2)26-14-8-9-15-28(26)35(20-10-12-22-45(39,40)41)30(33)16-6-5-7-17-31-34(3,4)27-24-25(32(37)38)18-19-29(27)36(31)21-11-13-23-46(42,43)44;/h5-9,14-19,24H,10-13,20-23H2,1-4H3,(H2-,37,38,39,40,41,42,43,44);/q;+1/p-1. The summed E-state index contributed by atoms with van der Waals surface area (Å²) in [7, 11) is -8.57. The van der Waals surface area contributed by atoms with Crippen molar-refractivity contribution in [3.05, 3.63) is 95.2 Å². The van der Waals surface area contributed by atoms with Crippen molar-refractivity contribution in [2.45, 2.75) is 64.2 Å². The monoisotopic (exact) mass is 692 g/mol. The summed E-state index contributed by atoms with van der Waals surface area (Å²) in [5.74, 6) is -1.85. The smallest absolute Gasteiger partial charge is 0.748 e. The molecule has 2 aliphatic heterocycles. The minimum Gasteiger partial charge on any atom is -0.748 e. The van der Waals surface area contributed by atoms with E-state index in [1.165, 1.54) is 0 Å². The van der Waals surface area contributed by atoms with E-state index in [1.54, 1.807) is 18.2 Å². The molecule has 0 spiro atoms. The normalized spacial score (nSPS) is 17.8. The number of rotatable bonds is 14. The van der Waals surface area contributed by atoms with Crippen LogP contribution in [0, 0.1) is 0 Å². The maximum absolute atomic E-state index is 11.7. The molecular formula is C34H41N2NaO8S2. The van der Waals surface area contributed by atoms with Crippen molar-refractivity contribution in [3.8, 4) is 0 Å². The Kier molecular flexibility index (Phi) is 12.7. The second-order valence-corrected chi connectivity index (χ2v) is 15.8. The van der Waals surface area contributed by atoms with Gasteiger partial charge in [0.1, 0.15) is 6.54 Å². The number of hydrogen-bond acceptors (Lipinski definition) is 8. The Morgan fingerprint density at radius 1 is 0.851 bits per heavy atom. The molecule has 0 saturated heterocycles. The summed E-state index contributed by atoms with van der Waals surface area (Å²) in [6, 6.07) is 13.1. The van der Waals surface area contributed by atoms with Crippen molar-refractivity contribution in [1.82, 2.24) is 0 Å². The molecule has 10 nitrogen and oxygen atoms in total. The minimum absolute atomic E-state index is 0. The number of aromatic carboxylic acids is 1. The van der Waals surface area contributed by atoms with Gasteiger partial charge in [0.2, 0.25) is 5.69 Å². The average molecular weight is 693 g/mol. The first-order chi connectivity index (χ1) is 21.4. The van der Waals surface area contributed by atoms with Gasteiger partial charge in [0, 0.05) is 59.0 Å². The number of allylic oxidation sites excluding steroid dienone is 6. The number of para-hydroxylation sites is 1. The number of hydrogen-bond donors (Lipinski definition) is 1. The van der Waals surface area contributed by atoms with Crippen LogP contribution in [0.2, 0.25) is 0 Å². The Morgan fingerprint density at radius 3 is 2.13 bits per heavy atom. The van der Waals surface area contributed by atoms with E-state index < -0.39 is 37.4 Å². The molecule has 1 N–H and O–H groups in total. The van der Waals surface area contributed by atoms with Gasteiger partial charge in [0.15, 0.2) is 5.71 Å². The van der Waals surface area contributed by atoms with Crippen molar-refractivity contribution >= 4 is 43.3 Å². The van der Waals surface area contributed by atoms with Crippen LogP contribution in [0.25, 0.3) is 0 Å². The zero-order chi connectivity index (χ0) is 33.9. The second-order valence-electron chi connectivity index (χ2n) is 12.7. The first-order valence-corrected chi connectivity index (χ1v) is 18.4. The molecule has 2 aromatic rings. The first kappa shape index (κ1) is 38.9. The predicted molar refractivity (Wildman–Crippen MR) is 177 cm³/mol. The number of benzene rings is 2. The number of fused-ring (bicyclic) bond motifs is 2. The molecule has 2 heterocycles. The van der Waals surface area contributed by atoms with Crippen LogP contribution in [0.3, 0.4) is 0 Å². The van der Waals surface area contributed by atoms with Gasteiger partial charge in [-0.25, -0.2) is 21.6 Å². The Hall–Kier alpha value is -2.58. The molecule has 0 amide bonds. The Bertz CT molecular complexity index is 1840. The van der Waals surface area contributed by atoms with Gasteiger partial charge in [-0.2, -0.15) is 4.58 Å². The molecule has 2 aliphatic rings. The fourth-order valence-corrected chi connectivity index (χ4v) is 7.50. The van der Waals surface area contributed by atoms with Crippen LogP contribution in [0.4, 0.5) is 11.4 Å². The molecule has 2 aromatic carbocycles. The molecule has 0 radical (unpaired) electrons. The summed E-state index contributed by atoms with van der Waals surface area (Å²) >= 11 is 0. The van der Waals surface area contributed by atoms with Crippen LogP contribution in [-0.2, 0) is 31.1 Å². The number of carboxylic acids is 1. The van der Waals surface area contributed by atoms with Crippen LogP contribution < -0.4 is 34.5 Å². The fourth-order valence-electron chi connectivity index (χ4n) is 6.39. The van der Waals surface area contributed by atoms with E-state index in [2.05, 4.69) is 29.4 Å². The maximum atomic E-state index is 11.7. The molecule has 13 heteroatoms. The number of unbranched alkanes of at least 4 members (excludes halogenated alkanes) is 2. The molecule has 0 unspecified atom stereocenters. The molecule has 0 saturated carbocycles. The van der Waals surface area contributed by atoms with E-state index in [4.69, 9.17) is 0 Å². The number of anilines is 1. The topological polar surface area (TPSA) is 158 Å². The van der Waals surface area contributed by atoms with Gasteiger partial charge in [0.05, 0.1) is 31.2 Å². The van der Waals surface area contributed by atoms with Crippen LogP contribution >= 0.6 is 0 Å². The third kappa shape index (κ3) is 9.32. The molecule has 47 heavy (non-hydrogen) atoms. The Morgan fingerprint density at radius 2 is 1.49 bits per heavy atom. The van der Waals surface area contributed by atoms with Crippen molar-refractivity contribution in [2.75, 3.05) is 29.5 Å². The maximum Gasteiger partial charge on any atom is 1.00 e. The van der Waals surface area contributed by atoms with E-state index in [-0.39, 0.29) is 59.1 Å². The molecule has 0 bridgehead atoms. The van der Waals surface area contributed by atoms with Crippen molar-refractivity contribution < 1.29 is 70.0 Å². The molecule has 0 atom stereocenters. The van der Waals surface area contributed by atoms with E-state index >= 15 is 0 Å². The van der Waals surface area contributed by atoms with Crippen molar-refractivity contribution in [1.29, 1.82) is 0 Å². The minimum atomic E-state index is -4.31. The van der Waals surface area contributed by atoms with Crippen molar-refractivity contribution in [2.24, 2.45) is 0 Å². The number of nitrogens with zero attached hydrogens (tertiary/aromatic N) is 2. The van der Waals surface area contributed by atoms with E-state index in [9.17, 15) is 35.8 Å². The third-order valence-electron chi connectivity index (χ3n) is 8.72. The van der Waals surface area contributed by atoms with Gasteiger partial charge in [-0.1, -0.05) is 50.3 Å². The van der Waals surface area contributed by atoms with Crippen LogP contribution in [0.15, 0.2) is 78.5 Å². The van der Waals surface area contributed by atoms with Crippen LogP contribution in [0.5, 0.6) is 0 Å². The summed E-state index contributed by atoms with van der Waals surface area (Å²) < 4.78 is 68.9. The summed E-state index contributed by atoms with van der Waals surface area (Å²) in [4.78, 5) is 13.8. The van der Waals surface area contributed by atoms with E-state index in [1.807, 2.05) is 62.4 Å². The molecular weight excluding hydrogens is 652 g/mol. The van der Waals surface area contributed by atoms with Gasteiger partial charge in [-0.05, 0) is 62.9 Å². The van der Waals surface area contributed by atoms with Gasteiger partial charge >= 0.3 is 35.5 Å². The van der Waals surface area contributed by atoms with Gasteiger partial charge in [0.25, 0.3) is 0 Å². The summed E-state index contributed by atoms with van der Waals surface area (Å²) in [5.41, 5.74) is 5.18. The second kappa shape index (κ2) is 15.3. The third-order valence-corrected chi connectivity index (χ3v) is 10.3. The first-order valence-electron chi connectivity index (χ1n) is 15.3. The predicted octanol–water partition coefficient (Wildman–Crippen LogP) is 2.21. The van der Waals surface area contributed by atoms with E-state index in [0.29, 0.717) is 25.9 Å². The quantitative estimate of drug-likeness (QED) is 0.103. The largest absolute Gasteiger partial charge is 1.00 e. The van der Waals surface area contributed by atoms with E-state index in [0.717, 1.165) is 33.9 Å². The SMILES string of the molecule is CC1(C)C(/C=C/C=C/C=C2/N(CCCCS(=O)(=O)[O-])c3ccc(C(=O)O)cc3C2(C)C)=[N+](CCCCS(=O)(=O)[O-])c2ccccc21.[Na+]. The summed E-state index contributed by atoms with van der Waals surface area (Å²) in [6.07, 6.45) is 11.3. The van der Waals surface area contributed by atoms with Gasteiger partial charge < -0.3 is 19.1 Å². The molecule has 0 aliphatic carbocycles. The Labute approximate surface area is 300 Å². The zero-order valence-electron chi connectivity index (χ0n) is 27.6. The van der Waals surface area contributed by atoms with Gasteiger partial charge in [-0.15, -0.1) is 0 Å². The van der Waals surface area contributed by atoms with Crippen LogP contribution in [0.1, 0.15) is 74.9 Å². The number of carbonyl (C=O) groups is 1. The summed E-state index contributed by atoms with van der Waals surface area (Å²) in [5, 5.41) is 9.59. The molecule has 0 aromatic heterocycles. The Balaban J connectivity index is 0.00000600. The van der Waals surface area contributed by atoms with Crippen molar-refractivity contribution in [3.63, 3.8) is 0 Å². The molecule has 0 fully saturated rings. The van der Waals surface area contributed by atoms with Gasteiger partial charge in [-0.3, -0.25) is 0 Å². The average Bonchev–Trinajstić information content (AvgIpc) is 3.30. The summed E-state index contributed by atoms with van der Waals surface area (Å²) in [6.45, 7) is 9.33. The zero-order valence-corrected chi connectivity index (χ0v) is 31.2. The molecule has 4 rings (SSSR count). The fraction of sp³-hybridized carbons (Fsp3) is 0.412. The van der Waals surface area contributed by atoms with Crippen LogP contribution in [-0.4, -0.2) is 71.9 Å².